The number of nitrogens with zero attached hydrogens (tertiary/aromatic N) is 2. The normalized spacial score (nSPS) is 20.6. The van der Waals surface area contributed by atoms with Crippen LogP contribution < -0.4 is 14.8 Å². The molecule has 3 heterocycles. The number of benzene rings is 1. The van der Waals surface area contributed by atoms with Gasteiger partial charge < -0.3 is 14.8 Å². The van der Waals surface area contributed by atoms with Crippen LogP contribution in [0.2, 0.25) is 0 Å². The topological polar surface area (TPSA) is 99.5 Å². The minimum absolute atomic E-state index is 0.0682. The lowest BCUT2D eigenvalue weighted by molar-refractivity contribution is 0.102. The van der Waals surface area contributed by atoms with Crippen LogP contribution in [0.15, 0.2) is 24.3 Å². The lowest BCUT2D eigenvalue weighted by atomic mass is 10.2. The van der Waals surface area contributed by atoms with Crippen molar-refractivity contribution in [1.29, 1.82) is 0 Å². The lowest BCUT2D eigenvalue weighted by Gasteiger charge is -2.10. The van der Waals surface area contributed by atoms with Crippen LogP contribution in [-0.2, 0) is 9.84 Å². The summed E-state index contributed by atoms with van der Waals surface area (Å²) >= 11 is 0. The van der Waals surface area contributed by atoms with Gasteiger partial charge in [-0.05, 0) is 31.5 Å². The van der Waals surface area contributed by atoms with Gasteiger partial charge in [0.05, 0.1) is 17.5 Å². The summed E-state index contributed by atoms with van der Waals surface area (Å²) in [7, 11) is -3.01. The van der Waals surface area contributed by atoms with Gasteiger partial charge in [-0.15, -0.1) is 0 Å². The molecular weight excluding hydrogens is 346 g/mol. The van der Waals surface area contributed by atoms with E-state index in [1.165, 1.54) is 0 Å². The van der Waals surface area contributed by atoms with E-state index in [0.29, 0.717) is 23.6 Å². The summed E-state index contributed by atoms with van der Waals surface area (Å²) in [5.41, 5.74) is 1.59. The van der Waals surface area contributed by atoms with Crippen LogP contribution in [0.4, 0.5) is 5.69 Å². The van der Waals surface area contributed by atoms with Gasteiger partial charge in [0.1, 0.15) is 0 Å². The van der Waals surface area contributed by atoms with Crippen molar-refractivity contribution in [2.24, 2.45) is 0 Å². The monoisotopic (exact) mass is 363 g/mol. The third-order valence-electron chi connectivity index (χ3n) is 4.34. The van der Waals surface area contributed by atoms with Crippen molar-refractivity contribution >= 4 is 21.4 Å². The van der Waals surface area contributed by atoms with Crippen LogP contribution in [0.3, 0.4) is 0 Å². The average Bonchev–Trinajstić information content (AvgIpc) is 3.25. The molecule has 2 aliphatic heterocycles. The van der Waals surface area contributed by atoms with Gasteiger partial charge in [0.15, 0.2) is 27.0 Å². The van der Waals surface area contributed by atoms with Gasteiger partial charge in [-0.25, -0.2) is 8.42 Å². The molecule has 4 rings (SSSR count). The number of aromatic nitrogens is 2. The average molecular weight is 363 g/mol. The van der Waals surface area contributed by atoms with Gasteiger partial charge in [0.2, 0.25) is 6.79 Å². The SMILES string of the molecule is Cc1cc(C(=O)Nc2ccc3c(c2)OCO3)nn1C1CCS(=O)(=O)C1. The van der Waals surface area contributed by atoms with Gasteiger partial charge >= 0.3 is 0 Å². The number of carbonyl (C=O) groups is 1. The third kappa shape index (κ3) is 3.07. The molecule has 1 aromatic carbocycles. The van der Waals surface area contributed by atoms with E-state index in [2.05, 4.69) is 10.4 Å². The van der Waals surface area contributed by atoms with Gasteiger partial charge in [-0.3, -0.25) is 9.48 Å². The Balaban J connectivity index is 1.52. The standard InChI is InChI=1S/C16H17N3O5S/c1-10-6-13(18-19(10)12-4-5-25(21,22)8-12)16(20)17-11-2-3-14-15(7-11)24-9-23-14/h2-3,6-7,12H,4-5,8-9H2,1H3,(H,17,20). The molecular formula is C16H17N3O5S. The molecule has 132 valence electrons. The number of fused-ring (bicyclic) bond motifs is 1. The molecule has 1 aromatic heterocycles. The van der Waals surface area contributed by atoms with Crippen molar-refractivity contribution in [3.05, 3.63) is 35.7 Å². The number of amides is 1. The van der Waals surface area contributed by atoms with Crippen molar-refractivity contribution < 1.29 is 22.7 Å². The number of anilines is 1. The summed E-state index contributed by atoms with van der Waals surface area (Å²) in [4.78, 5) is 12.4. The Morgan fingerprint density at radius 1 is 1.28 bits per heavy atom. The predicted molar refractivity (Wildman–Crippen MR) is 89.8 cm³/mol. The summed E-state index contributed by atoms with van der Waals surface area (Å²) in [6, 6.07) is 6.59. The summed E-state index contributed by atoms with van der Waals surface area (Å²) in [6.45, 7) is 1.98. The molecule has 1 atom stereocenters. The first kappa shape index (κ1) is 15.9. The Labute approximate surface area is 144 Å². The largest absolute Gasteiger partial charge is 0.454 e. The van der Waals surface area contributed by atoms with Crippen molar-refractivity contribution in [3.63, 3.8) is 0 Å². The Hall–Kier alpha value is -2.55. The molecule has 0 aliphatic carbocycles. The van der Waals surface area contributed by atoms with E-state index in [4.69, 9.17) is 9.47 Å². The van der Waals surface area contributed by atoms with Crippen LogP contribution in [0.5, 0.6) is 11.5 Å². The Morgan fingerprint density at radius 2 is 2.08 bits per heavy atom. The molecule has 1 amide bonds. The van der Waals surface area contributed by atoms with Gasteiger partial charge in [0.25, 0.3) is 5.91 Å². The maximum Gasteiger partial charge on any atom is 0.276 e. The maximum atomic E-state index is 12.4. The highest BCUT2D eigenvalue weighted by atomic mass is 32.2. The molecule has 1 fully saturated rings. The summed E-state index contributed by atoms with van der Waals surface area (Å²) < 4.78 is 35.5. The molecule has 0 bridgehead atoms. The van der Waals surface area contributed by atoms with E-state index in [1.54, 1.807) is 28.9 Å². The van der Waals surface area contributed by atoms with E-state index < -0.39 is 9.84 Å². The molecule has 0 saturated carbocycles. The second kappa shape index (κ2) is 5.76. The van der Waals surface area contributed by atoms with E-state index >= 15 is 0 Å². The van der Waals surface area contributed by atoms with E-state index in [0.717, 1.165) is 5.69 Å². The third-order valence-corrected chi connectivity index (χ3v) is 6.09. The smallest absolute Gasteiger partial charge is 0.276 e. The predicted octanol–water partition coefficient (Wildman–Crippen LogP) is 1.53. The molecule has 0 spiro atoms. The van der Waals surface area contributed by atoms with Crippen molar-refractivity contribution in [2.75, 3.05) is 23.6 Å². The molecule has 25 heavy (non-hydrogen) atoms. The Kier molecular flexibility index (Phi) is 3.68. The number of hydrogen-bond donors (Lipinski definition) is 1. The molecule has 9 heteroatoms. The summed E-state index contributed by atoms with van der Waals surface area (Å²) in [5, 5.41) is 7.08. The summed E-state index contributed by atoms with van der Waals surface area (Å²) in [5.74, 6) is 1.09. The number of hydrogen-bond acceptors (Lipinski definition) is 6. The highest BCUT2D eigenvalue weighted by Gasteiger charge is 2.31. The fourth-order valence-electron chi connectivity index (χ4n) is 3.11. The number of nitrogens with one attached hydrogen (secondary N) is 1. The van der Waals surface area contributed by atoms with Crippen LogP contribution in [0, 0.1) is 6.92 Å². The van der Waals surface area contributed by atoms with Gasteiger partial charge in [-0.1, -0.05) is 0 Å². The zero-order valence-corrected chi connectivity index (χ0v) is 14.4. The lowest BCUT2D eigenvalue weighted by Crippen LogP contribution is -2.16. The van der Waals surface area contributed by atoms with Crippen LogP contribution in [0.25, 0.3) is 0 Å². The molecule has 2 aliphatic rings. The molecule has 0 radical (unpaired) electrons. The van der Waals surface area contributed by atoms with Gasteiger partial charge in [0, 0.05) is 17.4 Å². The molecule has 8 nitrogen and oxygen atoms in total. The second-order valence-electron chi connectivity index (χ2n) is 6.19. The quantitative estimate of drug-likeness (QED) is 0.888. The molecule has 2 aromatic rings. The number of aryl methyl sites for hydroxylation is 1. The molecule has 1 saturated heterocycles. The maximum absolute atomic E-state index is 12.4. The van der Waals surface area contributed by atoms with E-state index in [-0.39, 0.29) is 35.9 Å². The minimum atomic E-state index is -3.01. The van der Waals surface area contributed by atoms with Gasteiger partial charge in [-0.2, -0.15) is 5.10 Å². The second-order valence-corrected chi connectivity index (χ2v) is 8.42. The number of rotatable bonds is 3. The van der Waals surface area contributed by atoms with Crippen LogP contribution in [0.1, 0.15) is 28.6 Å². The number of ether oxygens (including phenoxy) is 2. The first-order valence-electron chi connectivity index (χ1n) is 7.89. The number of carbonyl (C=O) groups excluding carboxylic acids is 1. The zero-order valence-electron chi connectivity index (χ0n) is 13.6. The van der Waals surface area contributed by atoms with Crippen molar-refractivity contribution in [2.45, 2.75) is 19.4 Å². The highest BCUT2D eigenvalue weighted by molar-refractivity contribution is 7.91. The molecule has 1 unspecified atom stereocenters. The summed E-state index contributed by atoms with van der Waals surface area (Å²) in [6.07, 6.45) is 0.522. The first-order chi connectivity index (χ1) is 11.9. The van der Waals surface area contributed by atoms with E-state index in [1.807, 2.05) is 6.92 Å². The highest BCUT2D eigenvalue weighted by Crippen LogP contribution is 2.34. The number of sulfone groups is 1. The van der Waals surface area contributed by atoms with Crippen LogP contribution in [-0.4, -0.2) is 42.4 Å². The Morgan fingerprint density at radius 3 is 2.84 bits per heavy atom. The van der Waals surface area contributed by atoms with E-state index in [9.17, 15) is 13.2 Å². The zero-order chi connectivity index (χ0) is 17.6. The van der Waals surface area contributed by atoms with Crippen molar-refractivity contribution in [3.8, 4) is 11.5 Å². The van der Waals surface area contributed by atoms with Crippen molar-refractivity contribution in [1.82, 2.24) is 9.78 Å². The fourth-order valence-corrected chi connectivity index (χ4v) is 4.80. The van der Waals surface area contributed by atoms with Crippen LogP contribution >= 0.6 is 0 Å². The first-order valence-corrected chi connectivity index (χ1v) is 9.71. The molecule has 1 N–H and O–H groups in total. The minimum Gasteiger partial charge on any atom is -0.454 e. The Bertz CT molecular complexity index is 951. The fraction of sp³-hybridized carbons (Fsp3) is 0.375.